The quantitative estimate of drug-likeness (QED) is 0.724. The smallest absolute Gasteiger partial charge is 0.255 e. The van der Waals surface area contributed by atoms with Crippen molar-refractivity contribution in [3.05, 3.63) is 59.9 Å². The number of nitriles is 1. The van der Waals surface area contributed by atoms with Gasteiger partial charge in [-0.05, 0) is 11.6 Å². The molecule has 1 aromatic carbocycles. The van der Waals surface area contributed by atoms with Gasteiger partial charge in [0.1, 0.15) is 0 Å². The van der Waals surface area contributed by atoms with Crippen LogP contribution in [0.25, 0.3) is 11.0 Å². The molecule has 3 rings (SSSR count). The topological polar surface area (TPSA) is 74.8 Å². The van der Waals surface area contributed by atoms with Gasteiger partial charge in [0, 0.05) is 25.2 Å². The number of hydrogen-bond donors (Lipinski definition) is 0. The second-order valence-corrected chi connectivity index (χ2v) is 5.56. The van der Waals surface area contributed by atoms with E-state index in [1.54, 1.807) is 25.5 Å². The zero-order chi connectivity index (χ0) is 16.9. The lowest BCUT2D eigenvalue weighted by Crippen LogP contribution is -2.27. The Morgan fingerprint density at radius 3 is 2.83 bits per heavy atom. The average molecular weight is 319 g/mol. The van der Waals surface area contributed by atoms with E-state index in [1.807, 2.05) is 41.1 Å². The molecular formula is C18H17N5O. The number of rotatable bonds is 5. The van der Waals surface area contributed by atoms with Crippen molar-refractivity contribution in [2.45, 2.75) is 13.0 Å². The molecule has 24 heavy (non-hydrogen) atoms. The normalized spacial score (nSPS) is 10.5. The minimum Gasteiger partial charge on any atom is -0.341 e. The molecule has 2 aromatic heterocycles. The molecule has 0 radical (unpaired) electrons. The summed E-state index contributed by atoms with van der Waals surface area (Å²) in [5.74, 6) is -0.143. The number of carbonyl (C=O) groups excluding carboxylic acids is 1. The number of carbonyl (C=O) groups is 1. The van der Waals surface area contributed by atoms with E-state index in [0.29, 0.717) is 25.1 Å². The monoisotopic (exact) mass is 319 g/mol. The third-order valence-corrected chi connectivity index (χ3v) is 3.80. The molecule has 0 atom stereocenters. The first-order chi connectivity index (χ1) is 11.7. The molecule has 0 spiro atoms. The highest BCUT2D eigenvalue weighted by molar-refractivity contribution is 5.96. The lowest BCUT2D eigenvalue weighted by Gasteiger charge is -2.15. The molecule has 120 valence electrons. The first-order valence-electron chi connectivity index (χ1n) is 7.67. The van der Waals surface area contributed by atoms with E-state index < -0.39 is 0 Å². The van der Waals surface area contributed by atoms with Crippen LogP contribution in [-0.4, -0.2) is 39.2 Å². The molecule has 3 aromatic rings. The van der Waals surface area contributed by atoms with Crippen molar-refractivity contribution < 1.29 is 4.79 Å². The zero-order valence-corrected chi connectivity index (χ0v) is 13.4. The number of aromatic nitrogens is 3. The molecule has 6 heteroatoms. The lowest BCUT2D eigenvalue weighted by atomic mass is 10.2. The van der Waals surface area contributed by atoms with Crippen molar-refractivity contribution in [1.29, 1.82) is 5.26 Å². The second-order valence-electron chi connectivity index (χ2n) is 5.56. The van der Waals surface area contributed by atoms with Crippen molar-refractivity contribution >= 4 is 16.9 Å². The van der Waals surface area contributed by atoms with Gasteiger partial charge in [0.25, 0.3) is 5.91 Å². The van der Waals surface area contributed by atoms with E-state index in [1.165, 1.54) is 4.90 Å². The van der Waals surface area contributed by atoms with Gasteiger partial charge in [-0.3, -0.25) is 4.79 Å². The standard InChI is InChI=1S/C18H17N5O/c1-22(9-5-8-19)18(24)16-10-15-12-21-23(17(15)20-11-16)13-14-6-3-2-4-7-14/h2-4,6-7,10-12H,5,9,13H2,1H3. The van der Waals surface area contributed by atoms with Gasteiger partial charge in [0.15, 0.2) is 5.65 Å². The minimum absolute atomic E-state index is 0.143. The fourth-order valence-electron chi connectivity index (χ4n) is 2.50. The van der Waals surface area contributed by atoms with Crippen LogP contribution in [0.4, 0.5) is 0 Å². The molecule has 0 unspecified atom stereocenters. The summed E-state index contributed by atoms with van der Waals surface area (Å²) < 4.78 is 1.82. The van der Waals surface area contributed by atoms with Gasteiger partial charge in [0.05, 0.1) is 30.8 Å². The van der Waals surface area contributed by atoms with E-state index >= 15 is 0 Å². The van der Waals surface area contributed by atoms with Crippen LogP contribution in [0.1, 0.15) is 22.3 Å². The fraction of sp³-hybridized carbons (Fsp3) is 0.222. The molecule has 0 aliphatic rings. The average Bonchev–Trinajstić information content (AvgIpc) is 3.02. The molecule has 0 aliphatic heterocycles. The van der Waals surface area contributed by atoms with E-state index in [9.17, 15) is 4.79 Å². The van der Waals surface area contributed by atoms with Crippen LogP contribution in [-0.2, 0) is 6.54 Å². The van der Waals surface area contributed by atoms with Crippen LogP contribution >= 0.6 is 0 Å². The van der Waals surface area contributed by atoms with Gasteiger partial charge >= 0.3 is 0 Å². The summed E-state index contributed by atoms with van der Waals surface area (Å²) in [4.78, 5) is 18.3. The predicted octanol–water partition coefficient (Wildman–Crippen LogP) is 2.47. The van der Waals surface area contributed by atoms with Crippen LogP contribution in [0.2, 0.25) is 0 Å². The van der Waals surface area contributed by atoms with E-state index in [2.05, 4.69) is 10.1 Å². The Balaban J connectivity index is 1.83. The van der Waals surface area contributed by atoms with E-state index in [-0.39, 0.29) is 5.91 Å². The van der Waals surface area contributed by atoms with Crippen molar-refractivity contribution in [2.24, 2.45) is 0 Å². The van der Waals surface area contributed by atoms with Gasteiger partial charge in [-0.25, -0.2) is 9.67 Å². The van der Waals surface area contributed by atoms with Gasteiger partial charge < -0.3 is 4.90 Å². The highest BCUT2D eigenvalue weighted by Crippen LogP contribution is 2.15. The Morgan fingerprint density at radius 2 is 2.08 bits per heavy atom. The number of benzene rings is 1. The SMILES string of the molecule is CN(CCC#N)C(=O)c1cnc2c(cnn2Cc2ccccc2)c1. The Labute approximate surface area is 140 Å². The summed E-state index contributed by atoms with van der Waals surface area (Å²) in [7, 11) is 1.68. The zero-order valence-electron chi connectivity index (χ0n) is 13.4. The van der Waals surface area contributed by atoms with Crippen LogP contribution in [0.5, 0.6) is 0 Å². The number of amides is 1. The van der Waals surface area contributed by atoms with Crippen molar-refractivity contribution in [1.82, 2.24) is 19.7 Å². The maximum absolute atomic E-state index is 12.3. The van der Waals surface area contributed by atoms with Gasteiger partial charge in [-0.2, -0.15) is 10.4 Å². The van der Waals surface area contributed by atoms with Gasteiger partial charge in [-0.15, -0.1) is 0 Å². The maximum atomic E-state index is 12.3. The Hall–Kier alpha value is -3.20. The summed E-state index contributed by atoms with van der Waals surface area (Å²) in [6.45, 7) is 1.04. The van der Waals surface area contributed by atoms with Gasteiger partial charge in [-0.1, -0.05) is 30.3 Å². The van der Waals surface area contributed by atoms with Crippen molar-refractivity contribution in [2.75, 3.05) is 13.6 Å². The molecule has 0 saturated carbocycles. The minimum atomic E-state index is -0.143. The summed E-state index contributed by atoms with van der Waals surface area (Å²) >= 11 is 0. The Kier molecular flexibility index (Phi) is 4.52. The molecule has 1 amide bonds. The summed E-state index contributed by atoms with van der Waals surface area (Å²) in [6, 6.07) is 13.9. The molecule has 2 heterocycles. The molecule has 0 bridgehead atoms. The first kappa shape index (κ1) is 15.7. The van der Waals surface area contributed by atoms with Crippen molar-refractivity contribution in [3.8, 4) is 6.07 Å². The second kappa shape index (κ2) is 6.92. The van der Waals surface area contributed by atoms with Crippen molar-refractivity contribution in [3.63, 3.8) is 0 Å². The predicted molar refractivity (Wildman–Crippen MR) is 90.3 cm³/mol. The maximum Gasteiger partial charge on any atom is 0.255 e. The fourth-order valence-corrected chi connectivity index (χ4v) is 2.50. The highest BCUT2D eigenvalue weighted by Gasteiger charge is 2.14. The highest BCUT2D eigenvalue weighted by atomic mass is 16.2. The van der Waals surface area contributed by atoms with Crippen LogP contribution in [0, 0.1) is 11.3 Å². The summed E-state index contributed by atoms with van der Waals surface area (Å²) in [5.41, 5.74) is 2.39. The number of pyridine rings is 1. The number of nitrogens with zero attached hydrogens (tertiary/aromatic N) is 5. The largest absolute Gasteiger partial charge is 0.341 e. The summed E-state index contributed by atoms with van der Waals surface area (Å²) in [5, 5.41) is 13.8. The molecule has 0 N–H and O–H groups in total. The molecular weight excluding hydrogens is 302 g/mol. The lowest BCUT2D eigenvalue weighted by molar-refractivity contribution is 0.0798. The number of fused-ring (bicyclic) bond motifs is 1. The molecule has 0 saturated heterocycles. The number of hydrogen-bond acceptors (Lipinski definition) is 4. The third kappa shape index (κ3) is 3.25. The van der Waals surface area contributed by atoms with Crippen LogP contribution in [0.15, 0.2) is 48.8 Å². The first-order valence-corrected chi connectivity index (χ1v) is 7.67. The van der Waals surface area contributed by atoms with Crippen LogP contribution in [0.3, 0.4) is 0 Å². The van der Waals surface area contributed by atoms with E-state index in [4.69, 9.17) is 5.26 Å². The van der Waals surface area contributed by atoms with Gasteiger partial charge in [0.2, 0.25) is 0 Å². The molecule has 0 fully saturated rings. The Bertz CT molecular complexity index is 895. The Morgan fingerprint density at radius 1 is 1.29 bits per heavy atom. The van der Waals surface area contributed by atoms with Crippen LogP contribution < -0.4 is 0 Å². The van der Waals surface area contributed by atoms with E-state index in [0.717, 1.165) is 16.6 Å². The molecule has 0 aliphatic carbocycles. The molecule has 6 nitrogen and oxygen atoms in total. The third-order valence-electron chi connectivity index (χ3n) is 3.80. The summed E-state index contributed by atoms with van der Waals surface area (Å²) in [6.07, 6.45) is 3.60.